The Morgan fingerprint density at radius 3 is 2.33 bits per heavy atom. The van der Waals surface area contributed by atoms with Crippen molar-refractivity contribution in [1.82, 2.24) is 0 Å². The molecular formula is C10H13ClF3N. The molecule has 86 valence electrons. The maximum absolute atomic E-state index is 13.1. The van der Waals surface area contributed by atoms with Crippen LogP contribution in [0.25, 0.3) is 0 Å². The molecule has 1 unspecified atom stereocenters. The number of hydrogen-bond donors (Lipinski definition) is 1. The van der Waals surface area contributed by atoms with E-state index in [1.54, 1.807) is 0 Å². The summed E-state index contributed by atoms with van der Waals surface area (Å²) in [5, 5.41) is 0. The maximum atomic E-state index is 13.1. The van der Waals surface area contributed by atoms with Crippen LogP contribution < -0.4 is 5.73 Å². The highest BCUT2D eigenvalue weighted by atomic mass is 35.5. The van der Waals surface area contributed by atoms with Crippen LogP contribution in [0.3, 0.4) is 0 Å². The Hall–Kier alpha value is -0.740. The summed E-state index contributed by atoms with van der Waals surface area (Å²) in [6.45, 7) is 1.85. The van der Waals surface area contributed by atoms with Gasteiger partial charge in [-0.1, -0.05) is 19.1 Å². The molecule has 0 spiro atoms. The van der Waals surface area contributed by atoms with Crippen LogP contribution in [0.1, 0.15) is 36.9 Å². The summed E-state index contributed by atoms with van der Waals surface area (Å²) in [6, 6.07) is 3.32. The van der Waals surface area contributed by atoms with Gasteiger partial charge in [0.15, 0.2) is 0 Å². The van der Waals surface area contributed by atoms with Crippen molar-refractivity contribution < 1.29 is 13.2 Å². The van der Waals surface area contributed by atoms with Gasteiger partial charge in [-0.3, -0.25) is 0 Å². The summed E-state index contributed by atoms with van der Waals surface area (Å²) in [7, 11) is 0. The molecule has 0 bridgehead atoms. The van der Waals surface area contributed by atoms with Gasteiger partial charge in [0.25, 0.3) is 6.43 Å². The Morgan fingerprint density at radius 1 is 1.33 bits per heavy atom. The second kappa shape index (κ2) is 5.98. The highest BCUT2D eigenvalue weighted by Gasteiger charge is 2.14. The molecule has 1 aromatic carbocycles. The molecule has 0 aliphatic rings. The molecule has 0 amide bonds. The van der Waals surface area contributed by atoms with E-state index in [4.69, 9.17) is 5.73 Å². The zero-order valence-corrected chi connectivity index (χ0v) is 9.03. The highest BCUT2D eigenvalue weighted by Crippen LogP contribution is 2.24. The molecule has 5 heteroatoms. The third kappa shape index (κ3) is 3.39. The van der Waals surface area contributed by atoms with E-state index in [9.17, 15) is 13.2 Å². The van der Waals surface area contributed by atoms with E-state index >= 15 is 0 Å². The average molecular weight is 240 g/mol. The lowest BCUT2D eigenvalue weighted by atomic mass is 10.0. The van der Waals surface area contributed by atoms with E-state index in [2.05, 4.69) is 0 Å². The largest absolute Gasteiger partial charge is 0.324 e. The van der Waals surface area contributed by atoms with Gasteiger partial charge in [0.1, 0.15) is 5.82 Å². The van der Waals surface area contributed by atoms with Crippen molar-refractivity contribution in [1.29, 1.82) is 0 Å². The number of hydrogen-bond acceptors (Lipinski definition) is 1. The van der Waals surface area contributed by atoms with E-state index in [0.29, 0.717) is 12.0 Å². The van der Waals surface area contributed by atoms with Crippen molar-refractivity contribution >= 4 is 12.4 Å². The zero-order valence-electron chi connectivity index (χ0n) is 8.21. The second-order valence-corrected chi connectivity index (χ2v) is 3.10. The van der Waals surface area contributed by atoms with Gasteiger partial charge >= 0.3 is 0 Å². The number of rotatable bonds is 3. The Kier molecular flexibility index (Phi) is 5.68. The monoisotopic (exact) mass is 239 g/mol. The van der Waals surface area contributed by atoms with Gasteiger partial charge < -0.3 is 5.73 Å². The van der Waals surface area contributed by atoms with E-state index in [0.717, 1.165) is 12.1 Å². The van der Waals surface area contributed by atoms with Gasteiger partial charge in [-0.15, -0.1) is 12.4 Å². The Morgan fingerprint density at radius 2 is 1.93 bits per heavy atom. The topological polar surface area (TPSA) is 26.0 Å². The van der Waals surface area contributed by atoms with E-state index < -0.39 is 17.8 Å². The molecule has 15 heavy (non-hydrogen) atoms. The van der Waals surface area contributed by atoms with Gasteiger partial charge in [-0.05, 0) is 18.1 Å². The Bertz CT molecular complexity index is 318. The van der Waals surface area contributed by atoms with Crippen LogP contribution in [0.15, 0.2) is 18.2 Å². The molecule has 0 aliphatic heterocycles. The number of alkyl halides is 2. The summed E-state index contributed by atoms with van der Waals surface area (Å²) >= 11 is 0. The molecular weight excluding hydrogens is 227 g/mol. The fraction of sp³-hybridized carbons (Fsp3) is 0.400. The molecule has 1 atom stereocenters. The Labute approximate surface area is 92.9 Å². The van der Waals surface area contributed by atoms with Crippen molar-refractivity contribution in [3.8, 4) is 0 Å². The third-order valence-corrected chi connectivity index (χ3v) is 2.13. The van der Waals surface area contributed by atoms with Gasteiger partial charge in [-0.25, -0.2) is 13.2 Å². The molecule has 0 saturated carbocycles. The van der Waals surface area contributed by atoms with E-state index in [1.165, 1.54) is 6.07 Å². The quantitative estimate of drug-likeness (QED) is 0.857. The molecule has 1 rings (SSSR count). The molecule has 1 aromatic rings. The van der Waals surface area contributed by atoms with E-state index in [1.807, 2.05) is 6.92 Å². The van der Waals surface area contributed by atoms with Crippen LogP contribution in [0, 0.1) is 5.82 Å². The van der Waals surface area contributed by atoms with Crippen LogP contribution in [0.5, 0.6) is 0 Å². The van der Waals surface area contributed by atoms with Crippen LogP contribution in [-0.4, -0.2) is 0 Å². The summed E-state index contributed by atoms with van der Waals surface area (Å²) < 4.78 is 37.4. The second-order valence-electron chi connectivity index (χ2n) is 3.10. The first kappa shape index (κ1) is 14.3. The van der Waals surface area contributed by atoms with Gasteiger partial charge in [0.2, 0.25) is 0 Å². The van der Waals surface area contributed by atoms with Crippen LogP contribution in [0.2, 0.25) is 0 Å². The normalized spacial score (nSPS) is 12.4. The van der Waals surface area contributed by atoms with E-state index in [-0.39, 0.29) is 18.4 Å². The van der Waals surface area contributed by atoms with Gasteiger partial charge in [0.05, 0.1) is 5.56 Å². The minimum Gasteiger partial charge on any atom is -0.324 e. The Balaban J connectivity index is 0.00000196. The third-order valence-electron chi connectivity index (χ3n) is 2.13. The van der Waals surface area contributed by atoms with Gasteiger partial charge in [-0.2, -0.15) is 0 Å². The molecule has 0 aliphatic carbocycles. The van der Waals surface area contributed by atoms with Crippen molar-refractivity contribution in [3.05, 3.63) is 35.1 Å². The predicted molar refractivity (Wildman–Crippen MR) is 55.8 cm³/mol. The lowest BCUT2D eigenvalue weighted by molar-refractivity contribution is 0.146. The lowest BCUT2D eigenvalue weighted by Gasteiger charge is -2.10. The van der Waals surface area contributed by atoms with Crippen molar-refractivity contribution in [2.45, 2.75) is 25.8 Å². The van der Waals surface area contributed by atoms with Crippen LogP contribution in [0.4, 0.5) is 13.2 Å². The summed E-state index contributed by atoms with van der Waals surface area (Å²) in [5.41, 5.74) is 5.61. The smallest absolute Gasteiger partial charge is 0.266 e. The molecule has 1 nitrogen and oxygen atoms in total. The fourth-order valence-corrected chi connectivity index (χ4v) is 1.19. The van der Waals surface area contributed by atoms with Crippen molar-refractivity contribution in [3.63, 3.8) is 0 Å². The zero-order chi connectivity index (χ0) is 10.7. The number of benzene rings is 1. The maximum Gasteiger partial charge on any atom is 0.266 e. The minimum absolute atomic E-state index is 0. The first-order valence-electron chi connectivity index (χ1n) is 4.39. The first-order valence-corrected chi connectivity index (χ1v) is 4.39. The lowest BCUT2D eigenvalue weighted by Crippen LogP contribution is -2.09. The molecule has 0 heterocycles. The minimum atomic E-state index is -2.78. The van der Waals surface area contributed by atoms with Gasteiger partial charge in [0, 0.05) is 6.04 Å². The molecule has 0 fully saturated rings. The van der Waals surface area contributed by atoms with Crippen molar-refractivity contribution in [2.75, 3.05) is 0 Å². The molecule has 2 N–H and O–H groups in total. The summed E-state index contributed by atoms with van der Waals surface area (Å²) in [5.74, 6) is -0.888. The standard InChI is InChI=1S/C10H12F3N.ClH/c1-2-9(14)6-3-4-7(10(12)13)8(11)5-6;/h3-5,9-10H,2,14H2,1H3;1H. The highest BCUT2D eigenvalue weighted by molar-refractivity contribution is 5.85. The van der Waals surface area contributed by atoms with Crippen LogP contribution >= 0.6 is 12.4 Å². The van der Waals surface area contributed by atoms with Crippen LogP contribution in [-0.2, 0) is 0 Å². The fourth-order valence-electron chi connectivity index (χ4n) is 1.19. The predicted octanol–water partition coefficient (Wildman–Crippen LogP) is 3.59. The first-order chi connectivity index (χ1) is 6.56. The van der Waals surface area contributed by atoms with Crippen molar-refractivity contribution in [2.24, 2.45) is 5.73 Å². The SMILES string of the molecule is CCC(N)c1ccc(C(F)F)c(F)c1.Cl. The number of nitrogens with two attached hydrogens (primary N) is 1. The summed E-state index contributed by atoms with van der Waals surface area (Å²) in [6.07, 6.45) is -2.13. The molecule has 0 radical (unpaired) electrons. The number of halogens is 4. The molecule has 0 aromatic heterocycles. The summed E-state index contributed by atoms with van der Waals surface area (Å²) in [4.78, 5) is 0. The molecule has 0 saturated heterocycles. The average Bonchev–Trinajstić information content (AvgIpc) is 2.15.